The van der Waals surface area contributed by atoms with Crippen LogP contribution in [0, 0.1) is 6.92 Å². The number of hydrogen-bond donors (Lipinski definition) is 3. The first kappa shape index (κ1) is 17.6. The molecule has 2 aromatic carbocycles. The molecule has 0 bridgehead atoms. The van der Waals surface area contributed by atoms with Crippen molar-refractivity contribution in [1.82, 2.24) is 15.6 Å². The second-order valence-corrected chi connectivity index (χ2v) is 7.41. The average molecular weight is 362 g/mol. The molecule has 5 heteroatoms. The molecule has 0 aliphatic carbocycles. The molecule has 0 spiro atoms. The van der Waals surface area contributed by atoms with Crippen molar-refractivity contribution in [2.24, 2.45) is 0 Å². The summed E-state index contributed by atoms with van der Waals surface area (Å²) in [6.45, 7) is 5.99. The summed E-state index contributed by atoms with van der Waals surface area (Å²) in [4.78, 5) is 18.5. The Bertz CT molecular complexity index is 973. The zero-order valence-electron chi connectivity index (χ0n) is 16.0. The minimum atomic E-state index is -0.0866. The Balaban J connectivity index is 1.56. The van der Waals surface area contributed by atoms with Gasteiger partial charge in [-0.25, -0.2) is 0 Å². The van der Waals surface area contributed by atoms with E-state index in [1.807, 2.05) is 44.3 Å². The lowest BCUT2D eigenvalue weighted by atomic mass is 10.0. The van der Waals surface area contributed by atoms with Gasteiger partial charge in [0.1, 0.15) is 0 Å². The number of aromatic amines is 1. The van der Waals surface area contributed by atoms with E-state index in [2.05, 4.69) is 45.8 Å². The van der Waals surface area contributed by atoms with Crippen LogP contribution >= 0.6 is 0 Å². The summed E-state index contributed by atoms with van der Waals surface area (Å²) in [5.74, 6) is -0.0365. The fraction of sp³-hybridized carbons (Fsp3) is 0.318. The SMILES string of the molecule is Cc1ccc(N(C)C2CNC2)cc1C(=O)NC(C)c1cccc2cc[nH]c12. The van der Waals surface area contributed by atoms with E-state index in [0.29, 0.717) is 6.04 Å². The number of anilines is 1. The van der Waals surface area contributed by atoms with E-state index in [9.17, 15) is 4.79 Å². The van der Waals surface area contributed by atoms with Gasteiger partial charge in [-0.05, 0) is 48.6 Å². The molecule has 5 nitrogen and oxygen atoms in total. The van der Waals surface area contributed by atoms with Crippen LogP contribution in [0.5, 0.6) is 0 Å². The van der Waals surface area contributed by atoms with Crippen LogP contribution in [0.2, 0.25) is 0 Å². The van der Waals surface area contributed by atoms with E-state index in [1.165, 1.54) is 0 Å². The number of hydrogen-bond acceptors (Lipinski definition) is 3. The topological polar surface area (TPSA) is 60.2 Å². The van der Waals surface area contributed by atoms with Crippen LogP contribution in [0.4, 0.5) is 5.69 Å². The van der Waals surface area contributed by atoms with E-state index < -0.39 is 0 Å². The minimum absolute atomic E-state index is 0.0365. The molecular formula is C22H26N4O. The van der Waals surface area contributed by atoms with Crippen molar-refractivity contribution in [3.63, 3.8) is 0 Å². The molecule has 1 saturated heterocycles. The van der Waals surface area contributed by atoms with Gasteiger partial charge in [0.2, 0.25) is 0 Å². The van der Waals surface area contributed by atoms with Crippen molar-refractivity contribution < 1.29 is 4.79 Å². The molecular weight excluding hydrogens is 336 g/mol. The lowest BCUT2D eigenvalue weighted by molar-refractivity contribution is 0.0939. The summed E-state index contributed by atoms with van der Waals surface area (Å²) in [5, 5.41) is 7.62. The number of benzene rings is 2. The largest absolute Gasteiger partial charge is 0.369 e. The first-order chi connectivity index (χ1) is 13.0. The van der Waals surface area contributed by atoms with Crippen LogP contribution in [-0.4, -0.2) is 37.1 Å². The number of fused-ring (bicyclic) bond motifs is 1. The quantitative estimate of drug-likeness (QED) is 0.652. The lowest BCUT2D eigenvalue weighted by Crippen LogP contribution is -2.56. The molecule has 3 N–H and O–H groups in total. The van der Waals surface area contributed by atoms with Crippen LogP contribution in [0.3, 0.4) is 0 Å². The summed E-state index contributed by atoms with van der Waals surface area (Å²) in [5.41, 5.74) is 4.97. The number of amides is 1. The number of carbonyl (C=O) groups is 1. The van der Waals surface area contributed by atoms with Gasteiger partial charge in [-0.1, -0.05) is 24.3 Å². The summed E-state index contributed by atoms with van der Waals surface area (Å²) >= 11 is 0. The highest BCUT2D eigenvalue weighted by atomic mass is 16.1. The van der Waals surface area contributed by atoms with Gasteiger partial charge in [0.25, 0.3) is 5.91 Å². The minimum Gasteiger partial charge on any atom is -0.369 e. The highest BCUT2D eigenvalue weighted by molar-refractivity contribution is 5.97. The number of aromatic nitrogens is 1. The molecule has 140 valence electrons. The van der Waals surface area contributed by atoms with Crippen molar-refractivity contribution in [2.75, 3.05) is 25.0 Å². The maximum atomic E-state index is 13.0. The monoisotopic (exact) mass is 362 g/mol. The fourth-order valence-corrected chi connectivity index (χ4v) is 3.65. The maximum Gasteiger partial charge on any atom is 0.252 e. The lowest BCUT2D eigenvalue weighted by Gasteiger charge is -2.37. The average Bonchev–Trinajstić information content (AvgIpc) is 3.09. The van der Waals surface area contributed by atoms with Gasteiger partial charge in [0, 0.05) is 37.6 Å². The van der Waals surface area contributed by atoms with E-state index in [0.717, 1.165) is 46.4 Å². The van der Waals surface area contributed by atoms with E-state index >= 15 is 0 Å². The molecule has 1 aliphatic rings. The Labute approximate surface area is 159 Å². The standard InChI is InChI=1S/C22H26N4O/c1-14-7-8-17(26(3)18-12-23-13-18)11-20(14)22(27)25-15(2)19-6-4-5-16-9-10-24-21(16)19/h4-11,15,18,23-24H,12-13H2,1-3H3,(H,25,27). The molecule has 2 heterocycles. The molecule has 4 rings (SSSR count). The number of H-pyrrole nitrogens is 1. The number of aryl methyl sites for hydroxylation is 1. The van der Waals surface area contributed by atoms with Gasteiger partial charge >= 0.3 is 0 Å². The Kier molecular flexibility index (Phi) is 4.62. The fourth-order valence-electron chi connectivity index (χ4n) is 3.65. The van der Waals surface area contributed by atoms with E-state index in [4.69, 9.17) is 0 Å². The number of likely N-dealkylation sites (N-methyl/N-ethyl adjacent to an activating group) is 1. The molecule has 0 radical (unpaired) electrons. The highest BCUT2D eigenvalue weighted by Crippen LogP contribution is 2.25. The van der Waals surface area contributed by atoms with Crippen LogP contribution in [-0.2, 0) is 0 Å². The number of nitrogens with one attached hydrogen (secondary N) is 3. The maximum absolute atomic E-state index is 13.0. The third-order valence-electron chi connectivity index (χ3n) is 5.61. The first-order valence-corrected chi connectivity index (χ1v) is 9.45. The predicted molar refractivity (Wildman–Crippen MR) is 110 cm³/mol. The Hall–Kier alpha value is -2.79. The third-order valence-corrected chi connectivity index (χ3v) is 5.61. The summed E-state index contributed by atoms with van der Waals surface area (Å²) in [6.07, 6.45) is 1.93. The van der Waals surface area contributed by atoms with Crippen molar-refractivity contribution in [3.8, 4) is 0 Å². The third kappa shape index (κ3) is 3.30. The first-order valence-electron chi connectivity index (χ1n) is 9.45. The second kappa shape index (κ2) is 7.08. The van der Waals surface area contributed by atoms with Gasteiger partial charge in [-0.2, -0.15) is 0 Å². The molecule has 27 heavy (non-hydrogen) atoms. The Morgan fingerprint density at radius 1 is 1.22 bits per heavy atom. The molecule has 1 amide bonds. The molecule has 0 saturated carbocycles. The Morgan fingerprint density at radius 3 is 2.78 bits per heavy atom. The number of carbonyl (C=O) groups excluding carboxylic acids is 1. The van der Waals surface area contributed by atoms with Gasteiger partial charge in [0.05, 0.1) is 17.6 Å². The van der Waals surface area contributed by atoms with Crippen LogP contribution < -0.4 is 15.5 Å². The summed E-state index contributed by atoms with van der Waals surface area (Å²) in [7, 11) is 2.09. The van der Waals surface area contributed by atoms with E-state index in [-0.39, 0.29) is 11.9 Å². The number of nitrogens with zero attached hydrogens (tertiary/aromatic N) is 1. The molecule has 1 unspecified atom stereocenters. The van der Waals surface area contributed by atoms with Crippen molar-refractivity contribution in [2.45, 2.75) is 25.9 Å². The Morgan fingerprint density at radius 2 is 2.04 bits per heavy atom. The smallest absolute Gasteiger partial charge is 0.252 e. The van der Waals surface area contributed by atoms with Gasteiger partial charge in [-0.3, -0.25) is 4.79 Å². The number of rotatable bonds is 5. The molecule has 1 aromatic heterocycles. The van der Waals surface area contributed by atoms with Crippen LogP contribution in [0.25, 0.3) is 10.9 Å². The highest BCUT2D eigenvalue weighted by Gasteiger charge is 2.23. The van der Waals surface area contributed by atoms with Crippen LogP contribution in [0.1, 0.15) is 34.5 Å². The van der Waals surface area contributed by atoms with Crippen molar-refractivity contribution >= 4 is 22.5 Å². The van der Waals surface area contributed by atoms with Gasteiger partial charge in [-0.15, -0.1) is 0 Å². The van der Waals surface area contributed by atoms with Gasteiger partial charge < -0.3 is 20.5 Å². The molecule has 3 aromatic rings. The summed E-state index contributed by atoms with van der Waals surface area (Å²) in [6, 6.07) is 14.7. The summed E-state index contributed by atoms with van der Waals surface area (Å²) < 4.78 is 0. The van der Waals surface area contributed by atoms with Crippen molar-refractivity contribution in [1.29, 1.82) is 0 Å². The number of para-hydroxylation sites is 1. The zero-order chi connectivity index (χ0) is 19.0. The van der Waals surface area contributed by atoms with Gasteiger partial charge in [0.15, 0.2) is 0 Å². The molecule has 1 aliphatic heterocycles. The predicted octanol–water partition coefficient (Wildman–Crippen LogP) is 3.38. The zero-order valence-corrected chi connectivity index (χ0v) is 16.0. The van der Waals surface area contributed by atoms with Crippen LogP contribution in [0.15, 0.2) is 48.7 Å². The molecule has 1 fully saturated rings. The van der Waals surface area contributed by atoms with E-state index in [1.54, 1.807) is 0 Å². The second-order valence-electron chi connectivity index (χ2n) is 7.41. The molecule has 1 atom stereocenters. The normalized spacial score (nSPS) is 15.4. The van der Waals surface area contributed by atoms with Crippen molar-refractivity contribution in [3.05, 3.63) is 65.4 Å².